The Hall–Kier alpha value is -1.27. The minimum atomic E-state index is -8.65. The van der Waals surface area contributed by atoms with Gasteiger partial charge in [0.1, 0.15) is 0 Å². The Kier molecular flexibility index (Phi) is 8.16. The van der Waals surface area contributed by atoms with E-state index in [9.17, 15) is 74.6 Å². The lowest BCUT2D eigenvalue weighted by molar-refractivity contribution is -0.461. The molecule has 1 unspecified atom stereocenters. The minimum absolute atomic E-state index is 0.856. The van der Waals surface area contributed by atoms with Crippen LogP contribution in [-0.4, -0.2) is 70.6 Å². The molecule has 32 heavy (non-hydrogen) atoms. The quantitative estimate of drug-likeness (QED) is 0.351. The lowest BCUT2D eigenvalue weighted by Gasteiger charge is -2.42. The van der Waals surface area contributed by atoms with E-state index in [2.05, 4.69) is 0 Å². The minimum Gasteiger partial charge on any atom is -0.396 e. The average Bonchev–Trinajstić information content (AvgIpc) is 2.58. The number of alkyl halides is 17. The maximum absolute atomic E-state index is 13.5. The summed E-state index contributed by atoms with van der Waals surface area (Å²) in [4.78, 5) is 0. The van der Waals surface area contributed by atoms with Crippen molar-refractivity contribution in [2.24, 2.45) is 0 Å². The standard InChI is InChI=1S/C13H11F17O2/c14-6(15,3-1-5(32)2-4-31)7(16,17)8(18,19)9(20,21)10(22,23)11(24,25)12(26,27)13(28,29)30/h5,31-32H,1-4H2. The molecule has 194 valence electrons. The largest absolute Gasteiger partial charge is 0.460 e. The molecule has 0 aromatic heterocycles. The lowest BCUT2D eigenvalue weighted by Crippen LogP contribution is -2.74. The predicted octanol–water partition coefficient (Wildman–Crippen LogP) is 5.52. The zero-order valence-corrected chi connectivity index (χ0v) is 14.7. The Morgan fingerprint density at radius 2 is 0.781 bits per heavy atom. The third-order valence-electron chi connectivity index (χ3n) is 4.04. The van der Waals surface area contributed by atoms with E-state index >= 15 is 0 Å². The van der Waals surface area contributed by atoms with Crippen LogP contribution in [0.25, 0.3) is 0 Å². The summed E-state index contributed by atoms with van der Waals surface area (Å²) in [6.45, 7) is -0.994. The van der Waals surface area contributed by atoms with E-state index in [4.69, 9.17) is 10.2 Å². The highest BCUT2D eigenvalue weighted by Gasteiger charge is 2.95. The average molecular weight is 522 g/mol. The first-order valence-electron chi connectivity index (χ1n) is 7.71. The van der Waals surface area contributed by atoms with E-state index in [0.717, 1.165) is 0 Å². The molecule has 0 saturated carbocycles. The van der Waals surface area contributed by atoms with Gasteiger partial charge >= 0.3 is 47.6 Å². The van der Waals surface area contributed by atoms with Crippen LogP contribution in [0.5, 0.6) is 0 Å². The smallest absolute Gasteiger partial charge is 0.396 e. The van der Waals surface area contributed by atoms with Gasteiger partial charge in [-0.2, -0.15) is 74.6 Å². The van der Waals surface area contributed by atoms with Crippen molar-refractivity contribution in [1.82, 2.24) is 0 Å². The van der Waals surface area contributed by atoms with Gasteiger partial charge in [0.2, 0.25) is 0 Å². The molecule has 19 heteroatoms. The van der Waals surface area contributed by atoms with Crippen molar-refractivity contribution in [1.29, 1.82) is 0 Å². The van der Waals surface area contributed by atoms with Gasteiger partial charge in [-0.1, -0.05) is 0 Å². The van der Waals surface area contributed by atoms with E-state index in [0.29, 0.717) is 0 Å². The molecule has 0 aromatic rings. The molecule has 0 rings (SSSR count). The van der Waals surface area contributed by atoms with Crippen LogP contribution in [-0.2, 0) is 0 Å². The van der Waals surface area contributed by atoms with Crippen molar-refractivity contribution in [3.63, 3.8) is 0 Å². The summed E-state index contributed by atoms with van der Waals surface area (Å²) < 4.78 is 221. The van der Waals surface area contributed by atoms with Crippen molar-refractivity contribution in [2.45, 2.75) is 73.0 Å². The molecule has 0 fully saturated rings. The maximum atomic E-state index is 13.5. The van der Waals surface area contributed by atoms with Crippen molar-refractivity contribution >= 4 is 0 Å². The number of hydrogen-bond acceptors (Lipinski definition) is 2. The van der Waals surface area contributed by atoms with E-state index in [-0.39, 0.29) is 0 Å². The summed E-state index contributed by atoms with van der Waals surface area (Å²) >= 11 is 0. The SMILES string of the molecule is OCCC(O)CCC(F)(F)C(F)(F)C(F)(F)C(F)(F)C(F)(F)C(F)(F)C(F)(F)C(F)(F)F. The van der Waals surface area contributed by atoms with E-state index in [1.165, 1.54) is 0 Å². The molecule has 2 nitrogen and oxygen atoms in total. The van der Waals surface area contributed by atoms with Gasteiger partial charge in [0, 0.05) is 13.0 Å². The molecule has 0 spiro atoms. The van der Waals surface area contributed by atoms with Crippen molar-refractivity contribution in [3.8, 4) is 0 Å². The van der Waals surface area contributed by atoms with E-state index in [1.807, 2.05) is 0 Å². The Balaban J connectivity index is 6.41. The number of aliphatic hydroxyl groups excluding tert-OH is 2. The zero-order chi connectivity index (χ0) is 26.4. The van der Waals surface area contributed by atoms with Crippen LogP contribution in [0, 0.1) is 0 Å². The summed E-state index contributed by atoms with van der Waals surface area (Å²) in [5.41, 5.74) is 0. The molecule has 1 atom stereocenters. The van der Waals surface area contributed by atoms with Gasteiger partial charge in [0.05, 0.1) is 6.10 Å². The molecule has 0 aliphatic rings. The summed E-state index contributed by atoms with van der Waals surface area (Å²) in [5, 5.41) is 17.3. The van der Waals surface area contributed by atoms with Gasteiger partial charge < -0.3 is 10.2 Å². The number of aliphatic hydroxyl groups is 2. The summed E-state index contributed by atoms with van der Waals surface area (Å²) in [6.07, 6.45) is -15.2. The molecular formula is C13H11F17O2. The fourth-order valence-electron chi connectivity index (χ4n) is 1.99. The topological polar surface area (TPSA) is 40.5 Å². The monoisotopic (exact) mass is 522 g/mol. The Morgan fingerprint density at radius 1 is 0.469 bits per heavy atom. The van der Waals surface area contributed by atoms with Gasteiger partial charge in [-0.25, -0.2) is 0 Å². The summed E-state index contributed by atoms with van der Waals surface area (Å²) in [5.74, 6) is -56.6. The lowest BCUT2D eigenvalue weighted by atomic mass is 9.87. The van der Waals surface area contributed by atoms with Crippen LogP contribution >= 0.6 is 0 Å². The zero-order valence-electron chi connectivity index (χ0n) is 14.7. The second kappa shape index (κ2) is 8.50. The third-order valence-corrected chi connectivity index (χ3v) is 4.04. The van der Waals surface area contributed by atoms with Crippen LogP contribution in [0.1, 0.15) is 19.3 Å². The van der Waals surface area contributed by atoms with Gasteiger partial charge in [-0.05, 0) is 12.8 Å². The Labute approximate surface area is 166 Å². The first-order valence-corrected chi connectivity index (χ1v) is 7.71. The molecule has 2 N–H and O–H groups in total. The highest BCUT2D eigenvalue weighted by Crippen LogP contribution is 2.64. The fourth-order valence-corrected chi connectivity index (χ4v) is 1.99. The molecule has 0 heterocycles. The molecule has 0 radical (unpaired) electrons. The molecular weight excluding hydrogens is 511 g/mol. The maximum Gasteiger partial charge on any atom is 0.460 e. The summed E-state index contributed by atoms with van der Waals surface area (Å²) in [7, 11) is 0. The molecule has 0 amide bonds. The van der Waals surface area contributed by atoms with Crippen LogP contribution in [0.4, 0.5) is 74.6 Å². The number of halogens is 17. The van der Waals surface area contributed by atoms with E-state index in [1.54, 1.807) is 0 Å². The fraction of sp³-hybridized carbons (Fsp3) is 1.00. The van der Waals surface area contributed by atoms with Gasteiger partial charge in [0.15, 0.2) is 0 Å². The highest BCUT2D eigenvalue weighted by atomic mass is 19.4. The molecule has 0 aliphatic carbocycles. The Morgan fingerprint density at radius 3 is 1.09 bits per heavy atom. The normalized spacial score (nSPS) is 17.0. The van der Waals surface area contributed by atoms with Crippen LogP contribution in [0.3, 0.4) is 0 Å². The van der Waals surface area contributed by atoms with Crippen LogP contribution < -0.4 is 0 Å². The van der Waals surface area contributed by atoms with Crippen molar-refractivity contribution in [2.75, 3.05) is 6.61 Å². The van der Waals surface area contributed by atoms with Gasteiger partial charge in [-0.15, -0.1) is 0 Å². The van der Waals surface area contributed by atoms with E-state index < -0.39 is 79.6 Å². The molecule has 0 bridgehead atoms. The van der Waals surface area contributed by atoms with Crippen LogP contribution in [0.2, 0.25) is 0 Å². The highest BCUT2D eigenvalue weighted by molar-refractivity contribution is 5.15. The summed E-state index contributed by atoms with van der Waals surface area (Å²) in [6, 6.07) is 0. The van der Waals surface area contributed by atoms with Gasteiger partial charge in [-0.3, -0.25) is 0 Å². The second-order valence-corrected chi connectivity index (χ2v) is 6.35. The number of rotatable bonds is 11. The molecule has 0 aliphatic heterocycles. The third kappa shape index (κ3) is 4.42. The molecule has 0 aromatic carbocycles. The number of hydrogen-bond donors (Lipinski definition) is 2. The first kappa shape index (κ1) is 30.7. The predicted molar refractivity (Wildman–Crippen MR) is 67.6 cm³/mol. The Bertz CT molecular complexity index is 639. The van der Waals surface area contributed by atoms with Crippen molar-refractivity contribution in [3.05, 3.63) is 0 Å². The second-order valence-electron chi connectivity index (χ2n) is 6.35. The van der Waals surface area contributed by atoms with Crippen LogP contribution in [0.15, 0.2) is 0 Å². The van der Waals surface area contributed by atoms with Crippen molar-refractivity contribution < 1.29 is 84.9 Å². The molecule has 0 saturated heterocycles. The first-order chi connectivity index (χ1) is 13.7. The van der Waals surface area contributed by atoms with Gasteiger partial charge in [0.25, 0.3) is 0 Å².